The van der Waals surface area contributed by atoms with Crippen LogP contribution in [0.1, 0.15) is 21.5 Å². The zero-order valence-electron chi connectivity index (χ0n) is 14.3. The minimum absolute atomic E-state index is 0.272. The average molecular weight is 371 g/mol. The number of alkyl halides is 3. The van der Waals surface area contributed by atoms with Crippen LogP contribution in [0, 0.1) is 6.92 Å². The molecule has 27 heavy (non-hydrogen) atoms. The lowest BCUT2D eigenvalue weighted by Crippen LogP contribution is -2.12. The molecule has 4 nitrogen and oxygen atoms in total. The highest BCUT2D eigenvalue weighted by atomic mass is 19.4. The van der Waals surface area contributed by atoms with E-state index in [1.807, 2.05) is 19.1 Å². The summed E-state index contributed by atoms with van der Waals surface area (Å²) in [6.07, 6.45) is -2.88. The number of amides is 1. The maximum absolute atomic E-state index is 12.6. The first-order valence-corrected chi connectivity index (χ1v) is 8.09. The van der Waals surface area contributed by atoms with Gasteiger partial charge in [0.05, 0.1) is 17.4 Å². The van der Waals surface area contributed by atoms with Crippen molar-refractivity contribution >= 4 is 23.1 Å². The fraction of sp³-hybridized carbons (Fsp3) is 0.100. The van der Waals surface area contributed by atoms with Gasteiger partial charge >= 0.3 is 6.18 Å². The molecule has 1 aromatic heterocycles. The molecular formula is C20H16F3N3O. The first kappa shape index (κ1) is 18.4. The second-order valence-corrected chi connectivity index (χ2v) is 5.95. The number of anilines is 3. The van der Waals surface area contributed by atoms with Gasteiger partial charge in [-0.15, -0.1) is 0 Å². The largest absolute Gasteiger partial charge is 0.416 e. The number of hydrogen-bond donors (Lipinski definition) is 2. The van der Waals surface area contributed by atoms with Gasteiger partial charge in [0, 0.05) is 11.3 Å². The van der Waals surface area contributed by atoms with Crippen LogP contribution in [0.3, 0.4) is 0 Å². The number of aryl methyl sites for hydroxylation is 1. The van der Waals surface area contributed by atoms with E-state index in [1.54, 1.807) is 24.3 Å². The molecule has 0 saturated carbocycles. The third-order valence-corrected chi connectivity index (χ3v) is 3.82. The van der Waals surface area contributed by atoms with Crippen LogP contribution in [0.4, 0.5) is 30.4 Å². The van der Waals surface area contributed by atoms with E-state index in [0.717, 1.165) is 17.7 Å². The van der Waals surface area contributed by atoms with Gasteiger partial charge in [-0.2, -0.15) is 13.2 Å². The Labute approximate surface area is 154 Å². The van der Waals surface area contributed by atoms with Crippen molar-refractivity contribution in [2.24, 2.45) is 0 Å². The Bertz CT molecular complexity index is 919. The van der Waals surface area contributed by atoms with Crippen molar-refractivity contribution in [1.82, 2.24) is 4.98 Å². The van der Waals surface area contributed by atoms with Crippen molar-refractivity contribution in [3.8, 4) is 0 Å². The van der Waals surface area contributed by atoms with Gasteiger partial charge in [0.1, 0.15) is 5.82 Å². The summed E-state index contributed by atoms with van der Waals surface area (Å²) in [5, 5.41) is 5.65. The van der Waals surface area contributed by atoms with Gasteiger partial charge < -0.3 is 10.6 Å². The summed E-state index contributed by atoms with van der Waals surface area (Å²) in [6, 6.07) is 15.1. The molecule has 0 aliphatic carbocycles. The van der Waals surface area contributed by atoms with Crippen LogP contribution in [-0.2, 0) is 6.18 Å². The summed E-state index contributed by atoms with van der Waals surface area (Å²) in [5.74, 6) is 0.101. The first-order valence-electron chi connectivity index (χ1n) is 8.09. The molecule has 0 aliphatic rings. The van der Waals surface area contributed by atoms with Gasteiger partial charge in [0.25, 0.3) is 5.91 Å². The number of aromatic nitrogens is 1. The van der Waals surface area contributed by atoms with Gasteiger partial charge in [-0.25, -0.2) is 4.98 Å². The van der Waals surface area contributed by atoms with Gasteiger partial charge in [-0.3, -0.25) is 4.79 Å². The van der Waals surface area contributed by atoms with E-state index in [4.69, 9.17) is 0 Å². The molecule has 138 valence electrons. The molecule has 0 saturated heterocycles. The molecule has 0 atom stereocenters. The molecule has 0 spiro atoms. The Morgan fingerprint density at radius 3 is 2.07 bits per heavy atom. The highest BCUT2D eigenvalue weighted by molar-refractivity contribution is 6.03. The van der Waals surface area contributed by atoms with Crippen molar-refractivity contribution in [2.45, 2.75) is 13.1 Å². The van der Waals surface area contributed by atoms with Crippen molar-refractivity contribution in [3.05, 3.63) is 83.6 Å². The van der Waals surface area contributed by atoms with E-state index >= 15 is 0 Å². The molecule has 3 aromatic rings. The summed E-state index contributed by atoms with van der Waals surface area (Å²) < 4.78 is 37.7. The van der Waals surface area contributed by atoms with Gasteiger partial charge in [-0.05, 0) is 55.5 Å². The second kappa shape index (κ2) is 7.49. The topological polar surface area (TPSA) is 54.0 Å². The van der Waals surface area contributed by atoms with Crippen LogP contribution >= 0.6 is 0 Å². The summed E-state index contributed by atoms with van der Waals surface area (Å²) in [4.78, 5) is 16.3. The number of carbonyl (C=O) groups is 1. The zero-order valence-corrected chi connectivity index (χ0v) is 14.3. The minimum Gasteiger partial charge on any atom is -0.354 e. The van der Waals surface area contributed by atoms with Crippen LogP contribution < -0.4 is 10.6 Å². The number of benzene rings is 2. The van der Waals surface area contributed by atoms with Crippen molar-refractivity contribution in [1.29, 1.82) is 0 Å². The molecule has 2 N–H and O–H groups in total. The van der Waals surface area contributed by atoms with Crippen LogP contribution in [0.25, 0.3) is 0 Å². The Kier molecular flexibility index (Phi) is 5.12. The summed E-state index contributed by atoms with van der Waals surface area (Å²) >= 11 is 0. The zero-order chi connectivity index (χ0) is 19.4. The van der Waals surface area contributed by atoms with Gasteiger partial charge in [0.15, 0.2) is 0 Å². The average Bonchev–Trinajstić information content (AvgIpc) is 2.63. The number of carbonyl (C=O) groups excluding carboxylic acids is 1. The lowest BCUT2D eigenvalue weighted by Gasteiger charge is -2.10. The molecular weight excluding hydrogens is 355 g/mol. The van der Waals surface area contributed by atoms with Crippen LogP contribution in [0.2, 0.25) is 0 Å². The Balaban J connectivity index is 1.63. The maximum Gasteiger partial charge on any atom is 0.416 e. The molecule has 7 heteroatoms. The quantitative estimate of drug-likeness (QED) is 0.645. The fourth-order valence-corrected chi connectivity index (χ4v) is 2.34. The molecule has 0 fully saturated rings. The lowest BCUT2D eigenvalue weighted by atomic mass is 10.1. The van der Waals surface area contributed by atoms with E-state index in [1.165, 1.54) is 18.3 Å². The third kappa shape index (κ3) is 4.84. The van der Waals surface area contributed by atoms with Crippen molar-refractivity contribution in [3.63, 3.8) is 0 Å². The smallest absolute Gasteiger partial charge is 0.354 e. The predicted molar refractivity (Wildman–Crippen MR) is 98.1 cm³/mol. The molecule has 3 rings (SSSR count). The number of pyridine rings is 1. The van der Waals surface area contributed by atoms with Gasteiger partial charge in [-0.1, -0.05) is 17.7 Å². The Morgan fingerprint density at radius 2 is 1.52 bits per heavy atom. The van der Waals surface area contributed by atoms with Crippen LogP contribution in [-0.4, -0.2) is 10.9 Å². The molecule has 0 aliphatic heterocycles. The number of halogens is 3. The summed E-state index contributed by atoms with van der Waals surface area (Å²) in [7, 11) is 0. The van der Waals surface area contributed by atoms with Crippen molar-refractivity contribution in [2.75, 3.05) is 10.6 Å². The first-order chi connectivity index (χ1) is 12.8. The van der Waals surface area contributed by atoms with E-state index in [0.29, 0.717) is 22.8 Å². The molecule has 2 aromatic carbocycles. The third-order valence-electron chi connectivity index (χ3n) is 3.82. The highest BCUT2D eigenvalue weighted by Gasteiger charge is 2.29. The predicted octanol–water partition coefficient (Wildman–Crippen LogP) is 5.40. The molecule has 1 amide bonds. The van der Waals surface area contributed by atoms with Crippen LogP contribution in [0.15, 0.2) is 66.9 Å². The summed E-state index contributed by atoms with van der Waals surface area (Å²) in [5.41, 5.74) is 1.96. The van der Waals surface area contributed by atoms with Gasteiger partial charge in [0.2, 0.25) is 0 Å². The SMILES string of the molecule is Cc1ccc(C(=O)Nc2ccc(Nc3ccc(C(F)(F)F)cc3)cn2)cc1. The van der Waals surface area contributed by atoms with Crippen molar-refractivity contribution < 1.29 is 18.0 Å². The Hall–Kier alpha value is -3.35. The number of hydrogen-bond acceptors (Lipinski definition) is 3. The molecule has 0 unspecified atom stereocenters. The molecule has 0 radical (unpaired) electrons. The fourth-order valence-electron chi connectivity index (χ4n) is 2.34. The standard InChI is InChI=1S/C20H16F3N3O/c1-13-2-4-14(5-3-13)19(27)26-18-11-10-17(12-24-18)25-16-8-6-15(7-9-16)20(21,22)23/h2-12,25H,1H3,(H,24,26,27). The second-order valence-electron chi connectivity index (χ2n) is 5.95. The number of nitrogens with one attached hydrogen (secondary N) is 2. The molecule has 0 bridgehead atoms. The van der Waals surface area contributed by atoms with E-state index in [-0.39, 0.29) is 5.91 Å². The van der Waals surface area contributed by atoms with E-state index in [2.05, 4.69) is 15.6 Å². The van der Waals surface area contributed by atoms with Crippen LogP contribution in [0.5, 0.6) is 0 Å². The summed E-state index contributed by atoms with van der Waals surface area (Å²) in [6.45, 7) is 1.94. The number of rotatable bonds is 4. The monoisotopic (exact) mass is 371 g/mol. The maximum atomic E-state index is 12.6. The van der Waals surface area contributed by atoms with E-state index in [9.17, 15) is 18.0 Å². The lowest BCUT2D eigenvalue weighted by molar-refractivity contribution is -0.137. The Morgan fingerprint density at radius 1 is 0.889 bits per heavy atom. The normalized spacial score (nSPS) is 11.1. The highest BCUT2D eigenvalue weighted by Crippen LogP contribution is 2.30. The molecule has 1 heterocycles. The number of nitrogens with zero attached hydrogens (tertiary/aromatic N) is 1. The van der Waals surface area contributed by atoms with E-state index < -0.39 is 11.7 Å². The minimum atomic E-state index is -4.36.